The molecule has 0 saturated carbocycles. The Balaban J connectivity index is 1.97. The highest BCUT2D eigenvalue weighted by Gasteiger charge is 2.31. The van der Waals surface area contributed by atoms with Crippen LogP contribution in [0, 0.1) is 0 Å². The SMILES string of the molecule is NC(=O)C1COCCN1C(=O)COc1ccccc1N. The van der Waals surface area contributed by atoms with Gasteiger partial charge in [-0.3, -0.25) is 9.59 Å². The van der Waals surface area contributed by atoms with Crippen molar-refractivity contribution in [2.75, 3.05) is 32.1 Å². The summed E-state index contributed by atoms with van der Waals surface area (Å²) in [6, 6.07) is 6.15. The van der Waals surface area contributed by atoms with Crippen molar-refractivity contribution in [1.29, 1.82) is 0 Å². The van der Waals surface area contributed by atoms with Crippen molar-refractivity contribution in [3.8, 4) is 5.75 Å². The molecule has 1 fully saturated rings. The van der Waals surface area contributed by atoms with Crippen LogP contribution < -0.4 is 16.2 Å². The van der Waals surface area contributed by atoms with E-state index in [2.05, 4.69) is 0 Å². The minimum atomic E-state index is -0.743. The Labute approximate surface area is 116 Å². The molecule has 1 atom stereocenters. The third-order valence-electron chi connectivity index (χ3n) is 3.05. The number of morpholine rings is 1. The van der Waals surface area contributed by atoms with E-state index in [-0.39, 0.29) is 19.1 Å². The molecule has 0 aliphatic carbocycles. The van der Waals surface area contributed by atoms with Gasteiger partial charge in [-0.1, -0.05) is 12.1 Å². The fourth-order valence-corrected chi connectivity index (χ4v) is 1.97. The molecule has 0 aromatic heterocycles. The molecule has 108 valence electrons. The highest BCUT2D eigenvalue weighted by atomic mass is 16.5. The summed E-state index contributed by atoms with van der Waals surface area (Å²) in [5.74, 6) is -0.470. The predicted molar refractivity (Wildman–Crippen MR) is 71.9 cm³/mol. The molecule has 1 aromatic carbocycles. The average Bonchev–Trinajstić information content (AvgIpc) is 2.46. The number of anilines is 1. The number of nitrogens with two attached hydrogens (primary N) is 2. The van der Waals surface area contributed by atoms with Crippen LogP contribution in [-0.4, -0.2) is 49.1 Å². The number of primary amides is 1. The largest absolute Gasteiger partial charge is 0.482 e. The van der Waals surface area contributed by atoms with Crippen molar-refractivity contribution >= 4 is 17.5 Å². The molecule has 1 saturated heterocycles. The normalized spacial score (nSPS) is 18.6. The van der Waals surface area contributed by atoms with Crippen LogP contribution in [0.2, 0.25) is 0 Å². The molecule has 2 rings (SSSR count). The molecule has 1 heterocycles. The molecule has 1 aliphatic rings. The number of benzene rings is 1. The van der Waals surface area contributed by atoms with Gasteiger partial charge >= 0.3 is 0 Å². The Morgan fingerprint density at radius 3 is 2.85 bits per heavy atom. The third-order valence-corrected chi connectivity index (χ3v) is 3.05. The molecule has 4 N–H and O–H groups in total. The quantitative estimate of drug-likeness (QED) is 0.713. The smallest absolute Gasteiger partial charge is 0.261 e. The van der Waals surface area contributed by atoms with Gasteiger partial charge in [0.15, 0.2) is 6.61 Å². The second-order valence-corrected chi connectivity index (χ2v) is 4.41. The molecule has 1 unspecified atom stereocenters. The minimum absolute atomic E-state index is 0.120. The molecule has 0 radical (unpaired) electrons. The monoisotopic (exact) mass is 279 g/mol. The van der Waals surface area contributed by atoms with E-state index >= 15 is 0 Å². The van der Waals surface area contributed by atoms with E-state index in [1.165, 1.54) is 4.90 Å². The molecule has 20 heavy (non-hydrogen) atoms. The number of carbonyl (C=O) groups is 2. The lowest BCUT2D eigenvalue weighted by molar-refractivity contribution is -0.148. The van der Waals surface area contributed by atoms with Crippen LogP contribution in [0.25, 0.3) is 0 Å². The first-order chi connectivity index (χ1) is 9.59. The Bertz CT molecular complexity index is 506. The van der Waals surface area contributed by atoms with Crippen LogP contribution in [-0.2, 0) is 14.3 Å². The third kappa shape index (κ3) is 3.18. The topological polar surface area (TPSA) is 108 Å². The summed E-state index contributed by atoms with van der Waals surface area (Å²) in [6.07, 6.45) is 0. The lowest BCUT2D eigenvalue weighted by atomic mass is 10.2. The van der Waals surface area contributed by atoms with E-state index in [4.69, 9.17) is 20.9 Å². The van der Waals surface area contributed by atoms with E-state index in [1.54, 1.807) is 24.3 Å². The second-order valence-electron chi connectivity index (χ2n) is 4.41. The highest BCUT2D eigenvalue weighted by molar-refractivity contribution is 5.87. The fourth-order valence-electron chi connectivity index (χ4n) is 1.97. The van der Waals surface area contributed by atoms with Crippen molar-refractivity contribution in [3.05, 3.63) is 24.3 Å². The van der Waals surface area contributed by atoms with Crippen molar-refractivity contribution in [2.45, 2.75) is 6.04 Å². The molecule has 7 nitrogen and oxygen atoms in total. The van der Waals surface area contributed by atoms with Crippen molar-refractivity contribution in [3.63, 3.8) is 0 Å². The van der Waals surface area contributed by atoms with Crippen LogP contribution in [0.5, 0.6) is 5.75 Å². The van der Waals surface area contributed by atoms with Crippen LogP contribution in [0.1, 0.15) is 0 Å². The minimum Gasteiger partial charge on any atom is -0.482 e. The van der Waals surface area contributed by atoms with Gasteiger partial charge in [0, 0.05) is 6.54 Å². The maximum atomic E-state index is 12.1. The van der Waals surface area contributed by atoms with E-state index in [0.717, 1.165) is 0 Å². The zero-order valence-electron chi connectivity index (χ0n) is 11.0. The molecule has 1 aliphatic heterocycles. The van der Waals surface area contributed by atoms with Crippen molar-refractivity contribution in [2.24, 2.45) is 5.73 Å². The van der Waals surface area contributed by atoms with Crippen LogP contribution in [0.3, 0.4) is 0 Å². The molecule has 1 aromatic rings. The zero-order valence-corrected chi connectivity index (χ0v) is 11.0. The summed E-state index contributed by atoms with van der Waals surface area (Å²) in [7, 11) is 0. The van der Waals surface area contributed by atoms with Gasteiger partial charge in [-0.2, -0.15) is 0 Å². The molecular formula is C13H17N3O4. The number of nitrogens with zero attached hydrogens (tertiary/aromatic N) is 1. The number of ether oxygens (including phenoxy) is 2. The van der Waals surface area contributed by atoms with Crippen LogP contribution in [0.15, 0.2) is 24.3 Å². The number of hydrogen-bond acceptors (Lipinski definition) is 5. The van der Waals surface area contributed by atoms with E-state index in [1.807, 2.05) is 0 Å². The summed E-state index contributed by atoms with van der Waals surface area (Å²) in [5, 5.41) is 0. The Kier molecular flexibility index (Phi) is 4.41. The Morgan fingerprint density at radius 2 is 2.15 bits per heavy atom. The predicted octanol–water partition coefficient (Wildman–Crippen LogP) is -0.640. The van der Waals surface area contributed by atoms with Crippen LogP contribution >= 0.6 is 0 Å². The average molecular weight is 279 g/mol. The van der Waals surface area contributed by atoms with Gasteiger partial charge in [-0.15, -0.1) is 0 Å². The number of para-hydroxylation sites is 2. The van der Waals surface area contributed by atoms with E-state index in [9.17, 15) is 9.59 Å². The molecule has 0 bridgehead atoms. The number of amides is 2. The summed E-state index contributed by atoms with van der Waals surface area (Å²) >= 11 is 0. The van der Waals surface area contributed by atoms with Gasteiger partial charge < -0.3 is 25.8 Å². The summed E-state index contributed by atoms with van der Waals surface area (Å²) < 4.78 is 10.5. The van der Waals surface area contributed by atoms with E-state index in [0.29, 0.717) is 24.6 Å². The van der Waals surface area contributed by atoms with Crippen molar-refractivity contribution < 1.29 is 19.1 Å². The molecule has 7 heteroatoms. The summed E-state index contributed by atoms with van der Waals surface area (Å²) in [4.78, 5) is 24.8. The number of carbonyl (C=O) groups excluding carboxylic acids is 2. The Hall–Kier alpha value is -2.28. The Morgan fingerprint density at radius 1 is 1.40 bits per heavy atom. The maximum absolute atomic E-state index is 12.1. The highest BCUT2D eigenvalue weighted by Crippen LogP contribution is 2.19. The second kappa shape index (κ2) is 6.25. The summed E-state index contributed by atoms with van der Waals surface area (Å²) in [6.45, 7) is 0.621. The zero-order chi connectivity index (χ0) is 14.5. The van der Waals surface area contributed by atoms with Crippen molar-refractivity contribution in [1.82, 2.24) is 4.90 Å². The first-order valence-corrected chi connectivity index (χ1v) is 6.23. The van der Waals surface area contributed by atoms with Gasteiger partial charge in [0.1, 0.15) is 11.8 Å². The molecule has 0 spiro atoms. The molecule has 2 amide bonds. The lowest BCUT2D eigenvalue weighted by Gasteiger charge is -2.33. The lowest BCUT2D eigenvalue weighted by Crippen LogP contribution is -2.55. The number of nitrogen functional groups attached to an aromatic ring is 1. The number of rotatable bonds is 4. The van der Waals surface area contributed by atoms with E-state index < -0.39 is 11.9 Å². The standard InChI is InChI=1S/C13H17N3O4/c14-9-3-1-2-4-11(9)20-8-12(17)16-5-6-19-7-10(16)13(15)18/h1-4,10H,5-8,14H2,(H2,15,18). The first kappa shape index (κ1) is 14.1. The van der Waals surface area contributed by atoms with Crippen LogP contribution in [0.4, 0.5) is 5.69 Å². The van der Waals surface area contributed by atoms with Gasteiger partial charge in [-0.25, -0.2) is 0 Å². The fraction of sp³-hybridized carbons (Fsp3) is 0.385. The van der Waals surface area contributed by atoms with Gasteiger partial charge in [0.05, 0.1) is 18.9 Å². The van der Waals surface area contributed by atoms with Gasteiger partial charge in [0.2, 0.25) is 5.91 Å². The maximum Gasteiger partial charge on any atom is 0.261 e. The number of hydrogen-bond donors (Lipinski definition) is 2. The van der Waals surface area contributed by atoms with Gasteiger partial charge in [0.25, 0.3) is 5.91 Å². The van der Waals surface area contributed by atoms with Gasteiger partial charge in [-0.05, 0) is 12.1 Å². The molecular weight excluding hydrogens is 262 g/mol. The summed E-state index contributed by atoms with van der Waals surface area (Å²) in [5.41, 5.74) is 11.4. The first-order valence-electron chi connectivity index (χ1n) is 6.23.